The van der Waals surface area contributed by atoms with Gasteiger partial charge in [-0.15, -0.1) is 0 Å². The summed E-state index contributed by atoms with van der Waals surface area (Å²) in [6, 6.07) is 29.4. The van der Waals surface area contributed by atoms with Gasteiger partial charge in [0.25, 0.3) is 0 Å². The topological polar surface area (TPSA) is 27.6 Å². The summed E-state index contributed by atoms with van der Waals surface area (Å²) in [5.41, 5.74) is 13.6. The zero-order valence-electron chi connectivity index (χ0n) is 24.3. The van der Waals surface area contributed by atoms with Crippen molar-refractivity contribution in [2.24, 2.45) is 5.10 Å². The summed E-state index contributed by atoms with van der Waals surface area (Å²) < 4.78 is 0. The van der Waals surface area contributed by atoms with Crippen molar-refractivity contribution in [3.63, 3.8) is 0 Å². The fraction of sp³-hybridized carbons (Fsp3) is 0.216. The Morgan fingerprint density at radius 1 is 0.775 bits per heavy atom. The molecule has 4 rings (SSSR count). The Morgan fingerprint density at radius 3 is 2.05 bits per heavy atom. The van der Waals surface area contributed by atoms with Gasteiger partial charge in [0.2, 0.25) is 0 Å². The van der Waals surface area contributed by atoms with Gasteiger partial charge < -0.3 is 4.90 Å². The number of anilines is 2. The first-order chi connectivity index (χ1) is 19.6. The summed E-state index contributed by atoms with van der Waals surface area (Å²) >= 11 is 0. The van der Waals surface area contributed by atoms with Crippen molar-refractivity contribution in [1.82, 2.24) is 0 Å². The van der Waals surface area contributed by atoms with Crippen LogP contribution >= 0.6 is 0 Å². The van der Waals surface area contributed by atoms with Gasteiger partial charge in [0, 0.05) is 29.6 Å². The van der Waals surface area contributed by atoms with E-state index in [9.17, 15) is 0 Å². The fourth-order valence-corrected chi connectivity index (χ4v) is 5.08. The first-order valence-electron chi connectivity index (χ1n) is 14.3. The third kappa shape index (κ3) is 7.39. The highest BCUT2D eigenvalue weighted by molar-refractivity contribution is 6.32. The third-order valence-electron chi connectivity index (χ3n) is 7.20. The van der Waals surface area contributed by atoms with Gasteiger partial charge in [-0.2, -0.15) is 5.10 Å². The smallest absolute Gasteiger partial charge is 0.0984 e. The van der Waals surface area contributed by atoms with Crippen LogP contribution < -0.4 is 10.3 Å². The summed E-state index contributed by atoms with van der Waals surface area (Å²) in [7, 11) is 2.18. The van der Waals surface area contributed by atoms with Gasteiger partial charge >= 0.3 is 0 Å². The van der Waals surface area contributed by atoms with Crippen LogP contribution in [0.15, 0.2) is 143 Å². The van der Waals surface area contributed by atoms with Crippen LogP contribution in [0.4, 0.5) is 11.4 Å². The summed E-state index contributed by atoms with van der Waals surface area (Å²) in [4.78, 5) is 2.34. The molecule has 0 bridgehead atoms. The standard InChI is InChI=1S/C37H41N3/c1-5-16-29(7-3)28-35(30-18-10-8-11-19-30)37(32-21-12-9-13-22-32)39-38-33-24-26-34(27-25-33)40(4)36-23-15-14-20-31(36)17-6-2/h5-13,16-19,21-22,24-28,38H,14-15,20,23H2,1-4H3/b16-5-,17-6+,29-7+,35-28+,39-37-. The van der Waals surface area contributed by atoms with Crippen LogP contribution in [0.3, 0.4) is 0 Å². The Balaban J connectivity index is 1.69. The maximum atomic E-state index is 5.00. The highest BCUT2D eigenvalue weighted by atomic mass is 15.3. The fourth-order valence-electron chi connectivity index (χ4n) is 5.08. The molecule has 0 saturated heterocycles. The molecule has 0 heterocycles. The molecule has 0 saturated carbocycles. The van der Waals surface area contributed by atoms with Gasteiger partial charge in [0.1, 0.15) is 0 Å². The minimum atomic E-state index is 0.889. The van der Waals surface area contributed by atoms with Gasteiger partial charge in [-0.25, -0.2) is 0 Å². The van der Waals surface area contributed by atoms with Crippen LogP contribution in [-0.4, -0.2) is 12.8 Å². The van der Waals surface area contributed by atoms with Crippen molar-refractivity contribution in [2.45, 2.75) is 46.5 Å². The summed E-state index contributed by atoms with van der Waals surface area (Å²) in [6.07, 6.45) is 17.7. The number of nitrogens with one attached hydrogen (secondary N) is 1. The van der Waals surface area contributed by atoms with E-state index < -0.39 is 0 Å². The quantitative estimate of drug-likeness (QED) is 0.161. The van der Waals surface area contributed by atoms with E-state index in [2.05, 4.69) is 140 Å². The van der Waals surface area contributed by atoms with E-state index in [0.29, 0.717) is 0 Å². The molecule has 0 fully saturated rings. The lowest BCUT2D eigenvalue weighted by Crippen LogP contribution is -2.20. The highest BCUT2D eigenvalue weighted by Gasteiger charge is 2.16. The van der Waals surface area contributed by atoms with Gasteiger partial charge in [0.05, 0.1) is 11.4 Å². The van der Waals surface area contributed by atoms with Crippen LogP contribution in [-0.2, 0) is 0 Å². The first-order valence-corrected chi connectivity index (χ1v) is 14.3. The maximum absolute atomic E-state index is 5.00. The van der Waals surface area contributed by atoms with Crippen molar-refractivity contribution in [3.8, 4) is 0 Å². The molecule has 0 aliphatic heterocycles. The van der Waals surface area contributed by atoms with Gasteiger partial charge in [-0.05, 0) is 93.5 Å². The molecule has 3 nitrogen and oxygen atoms in total. The average molecular weight is 528 g/mol. The van der Waals surface area contributed by atoms with Crippen LogP contribution in [0.1, 0.15) is 57.6 Å². The normalized spacial score (nSPS) is 15.2. The number of rotatable bonds is 10. The molecular formula is C37H41N3. The molecule has 0 radical (unpaired) electrons. The van der Waals surface area contributed by atoms with Gasteiger partial charge in [-0.3, -0.25) is 5.43 Å². The minimum absolute atomic E-state index is 0.889. The lowest BCUT2D eigenvalue weighted by atomic mass is 9.94. The van der Waals surface area contributed by atoms with Crippen LogP contribution in [0, 0.1) is 0 Å². The number of nitrogens with zero attached hydrogens (tertiary/aromatic N) is 2. The average Bonchev–Trinajstić information content (AvgIpc) is 3.01. The van der Waals surface area contributed by atoms with Crippen LogP contribution in [0.2, 0.25) is 0 Å². The molecule has 3 aromatic rings. The number of benzene rings is 3. The Morgan fingerprint density at radius 2 is 1.43 bits per heavy atom. The van der Waals surface area contributed by atoms with E-state index in [1.54, 1.807) is 0 Å². The molecule has 40 heavy (non-hydrogen) atoms. The molecule has 0 atom stereocenters. The Hall–Kier alpha value is -4.37. The van der Waals surface area contributed by atoms with Crippen molar-refractivity contribution in [1.29, 1.82) is 0 Å². The third-order valence-corrected chi connectivity index (χ3v) is 7.20. The van der Waals surface area contributed by atoms with E-state index in [1.165, 1.54) is 29.8 Å². The summed E-state index contributed by atoms with van der Waals surface area (Å²) in [5, 5.41) is 5.00. The highest BCUT2D eigenvalue weighted by Crippen LogP contribution is 2.31. The lowest BCUT2D eigenvalue weighted by Gasteiger charge is -2.28. The Labute approximate surface area is 240 Å². The molecule has 3 aromatic carbocycles. The van der Waals surface area contributed by atoms with Gasteiger partial charge in [0.15, 0.2) is 0 Å². The zero-order chi connectivity index (χ0) is 28.2. The van der Waals surface area contributed by atoms with E-state index in [0.717, 1.165) is 46.5 Å². The van der Waals surface area contributed by atoms with Crippen molar-refractivity contribution in [2.75, 3.05) is 17.4 Å². The molecular weight excluding hydrogens is 486 g/mol. The second-order valence-electron chi connectivity index (χ2n) is 9.94. The lowest BCUT2D eigenvalue weighted by molar-refractivity contribution is 0.667. The molecule has 0 aromatic heterocycles. The molecule has 0 unspecified atom stereocenters. The molecule has 204 valence electrons. The predicted molar refractivity (Wildman–Crippen MR) is 175 cm³/mol. The Bertz CT molecular complexity index is 1420. The number of hydrogen-bond acceptors (Lipinski definition) is 3. The number of allylic oxidation sites excluding steroid dienone is 10. The summed E-state index contributed by atoms with van der Waals surface area (Å²) in [5.74, 6) is 0. The van der Waals surface area contributed by atoms with Gasteiger partial charge in [-0.1, -0.05) is 91.0 Å². The second-order valence-corrected chi connectivity index (χ2v) is 9.94. The van der Waals surface area contributed by atoms with Crippen molar-refractivity contribution in [3.05, 3.63) is 149 Å². The van der Waals surface area contributed by atoms with E-state index in [1.807, 2.05) is 19.1 Å². The second kappa shape index (κ2) is 14.7. The molecule has 3 heteroatoms. The monoisotopic (exact) mass is 527 g/mol. The predicted octanol–water partition coefficient (Wildman–Crippen LogP) is 9.95. The van der Waals surface area contributed by atoms with Crippen LogP contribution in [0.5, 0.6) is 0 Å². The Kier molecular flexibility index (Phi) is 10.5. The van der Waals surface area contributed by atoms with E-state index in [4.69, 9.17) is 5.10 Å². The molecule has 1 aliphatic carbocycles. The SMILES string of the molecule is C\C=C/C(=C\C)/C=C(/C(=N\Nc1ccc(N(C)C2=C(/C=C/C)CCCC2)cc1)c1ccccc1)c1ccccc1. The number of hydrogen-bond donors (Lipinski definition) is 1. The minimum Gasteiger partial charge on any atom is -0.348 e. The van der Waals surface area contributed by atoms with Crippen LogP contribution in [0.25, 0.3) is 5.57 Å². The molecule has 1 aliphatic rings. The van der Waals surface area contributed by atoms with E-state index in [-0.39, 0.29) is 0 Å². The molecule has 0 spiro atoms. The number of hydrazone groups is 1. The maximum Gasteiger partial charge on any atom is 0.0984 e. The zero-order valence-corrected chi connectivity index (χ0v) is 24.3. The first kappa shape index (κ1) is 28.6. The molecule has 1 N–H and O–H groups in total. The van der Waals surface area contributed by atoms with E-state index >= 15 is 0 Å². The van der Waals surface area contributed by atoms with Crippen molar-refractivity contribution >= 4 is 22.7 Å². The molecule has 0 amide bonds. The van der Waals surface area contributed by atoms with Crippen molar-refractivity contribution < 1.29 is 0 Å². The summed E-state index contributed by atoms with van der Waals surface area (Å²) in [6.45, 7) is 6.21. The largest absolute Gasteiger partial charge is 0.348 e.